The van der Waals surface area contributed by atoms with Crippen molar-refractivity contribution in [3.63, 3.8) is 0 Å². The molecular formula is C12H12F2N2OS. The quantitative estimate of drug-likeness (QED) is 0.802. The van der Waals surface area contributed by atoms with Crippen LogP contribution in [0.15, 0.2) is 40.0 Å². The van der Waals surface area contributed by atoms with Crippen LogP contribution >= 0.6 is 11.8 Å². The lowest BCUT2D eigenvalue weighted by Crippen LogP contribution is -2.19. The maximum Gasteiger partial charge on any atom is 0.288 e. The summed E-state index contributed by atoms with van der Waals surface area (Å²) in [4.78, 5) is 12.2. The molecule has 1 aromatic heterocycles. The minimum absolute atomic E-state index is 0.172. The maximum absolute atomic E-state index is 12.3. The third-order valence-electron chi connectivity index (χ3n) is 2.64. The van der Waals surface area contributed by atoms with Crippen LogP contribution in [0.1, 0.15) is 5.69 Å². The molecule has 0 saturated carbocycles. The lowest BCUT2D eigenvalue weighted by molar-refractivity contribution is 0.252. The standard InChI is InChI=1S/C12H12F2N2OS/c1-8-6-11(17)16(15(8)2)9-4-3-5-10(7-9)18-12(13)14/h3-7,12H,1-2H3. The van der Waals surface area contributed by atoms with E-state index in [4.69, 9.17) is 0 Å². The fraction of sp³-hybridized carbons (Fsp3) is 0.250. The average molecular weight is 270 g/mol. The first kappa shape index (κ1) is 12.9. The van der Waals surface area contributed by atoms with Crippen molar-refractivity contribution in [1.29, 1.82) is 0 Å². The molecule has 2 rings (SSSR count). The van der Waals surface area contributed by atoms with Crippen LogP contribution in [0.25, 0.3) is 5.69 Å². The van der Waals surface area contributed by atoms with Crippen molar-refractivity contribution in [3.05, 3.63) is 46.4 Å². The Bertz CT molecular complexity index is 619. The summed E-state index contributed by atoms with van der Waals surface area (Å²) >= 11 is 0.468. The predicted molar refractivity (Wildman–Crippen MR) is 67.6 cm³/mol. The monoisotopic (exact) mass is 270 g/mol. The highest BCUT2D eigenvalue weighted by molar-refractivity contribution is 7.99. The Balaban J connectivity index is 2.48. The molecule has 0 saturated heterocycles. The second kappa shape index (κ2) is 4.97. The summed E-state index contributed by atoms with van der Waals surface area (Å²) in [5.41, 5.74) is 1.22. The fourth-order valence-corrected chi connectivity index (χ4v) is 2.28. The van der Waals surface area contributed by atoms with E-state index in [1.54, 1.807) is 36.0 Å². The molecular weight excluding hydrogens is 258 g/mol. The minimum atomic E-state index is -2.47. The van der Waals surface area contributed by atoms with Gasteiger partial charge in [-0.3, -0.25) is 9.48 Å². The van der Waals surface area contributed by atoms with Gasteiger partial charge in [0.05, 0.1) is 5.69 Å². The summed E-state index contributed by atoms with van der Waals surface area (Å²) in [5.74, 6) is -2.47. The molecule has 0 unspecified atom stereocenters. The van der Waals surface area contributed by atoms with Crippen LogP contribution in [-0.4, -0.2) is 15.1 Å². The van der Waals surface area contributed by atoms with Gasteiger partial charge in [-0.25, -0.2) is 4.68 Å². The van der Waals surface area contributed by atoms with Gasteiger partial charge in [0.25, 0.3) is 11.3 Å². The molecule has 18 heavy (non-hydrogen) atoms. The number of alkyl halides is 2. The molecule has 6 heteroatoms. The van der Waals surface area contributed by atoms with Crippen LogP contribution in [0.2, 0.25) is 0 Å². The van der Waals surface area contributed by atoms with Crippen LogP contribution in [0.3, 0.4) is 0 Å². The van der Waals surface area contributed by atoms with Crippen molar-refractivity contribution in [2.45, 2.75) is 17.6 Å². The first-order valence-corrected chi connectivity index (χ1v) is 6.18. The van der Waals surface area contributed by atoms with Crippen molar-refractivity contribution < 1.29 is 8.78 Å². The molecule has 0 bridgehead atoms. The highest BCUT2D eigenvalue weighted by atomic mass is 32.2. The van der Waals surface area contributed by atoms with Gasteiger partial charge in [-0.05, 0) is 25.1 Å². The molecule has 0 atom stereocenters. The Labute approximate surface area is 107 Å². The van der Waals surface area contributed by atoms with Gasteiger partial charge >= 0.3 is 0 Å². The molecule has 0 aliphatic heterocycles. The van der Waals surface area contributed by atoms with E-state index in [0.717, 1.165) is 5.69 Å². The van der Waals surface area contributed by atoms with Gasteiger partial charge in [0, 0.05) is 23.7 Å². The molecule has 2 aromatic rings. The largest absolute Gasteiger partial charge is 0.288 e. The summed E-state index contributed by atoms with van der Waals surface area (Å²) < 4.78 is 27.8. The number of halogens is 2. The van der Waals surface area contributed by atoms with E-state index in [-0.39, 0.29) is 5.56 Å². The van der Waals surface area contributed by atoms with Crippen LogP contribution < -0.4 is 5.56 Å². The van der Waals surface area contributed by atoms with Gasteiger partial charge in [-0.15, -0.1) is 0 Å². The smallest absolute Gasteiger partial charge is 0.285 e. The highest BCUT2D eigenvalue weighted by Gasteiger charge is 2.09. The topological polar surface area (TPSA) is 26.9 Å². The van der Waals surface area contributed by atoms with E-state index < -0.39 is 5.76 Å². The molecule has 1 heterocycles. The number of hydrogen-bond donors (Lipinski definition) is 0. The summed E-state index contributed by atoms with van der Waals surface area (Å²) in [6, 6.07) is 8.07. The van der Waals surface area contributed by atoms with Crippen molar-refractivity contribution >= 4 is 11.8 Å². The van der Waals surface area contributed by atoms with E-state index in [9.17, 15) is 13.6 Å². The molecule has 0 N–H and O–H groups in total. The molecule has 1 aromatic carbocycles. The van der Waals surface area contributed by atoms with Gasteiger partial charge in [0.1, 0.15) is 0 Å². The van der Waals surface area contributed by atoms with Gasteiger partial charge in [-0.2, -0.15) is 8.78 Å². The number of thioether (sulfide) groups is 1. The van der Waals surface area contributed by atoms with E-state index >= 15 is 0 Å². The third-order valence-corrected chi connectivity index (χ3v) is 3.34. The van der Waals surface area contributed by atoms with Crippen LogP contribution in [-0.2, 0) is 7.05 Å². The van der Waals surface area contributed by atoms with Crippen molar-refractivity contribution in [1.82, 2.24) is 9.36 Å². The Hall–Kier alpha value is -1.56. The zero-order chi connectivity index (χ0) is 13.3. The average Bonchev–Trinajstić information content (AvgIpc) is 2.52. The van der Waals surface area contributed by atoms with Crippen LogP contribution in [0.5, 0.6) is 0 Å². The van der Waals surface area contributed by atoms with Crippen molar-refractivity contribution in [3.8, 4) is 5.69 Å². The number of aromatic nitrogens is 2. The summed E-state index contributed by atoms with van der Waals surface area (Å²) in [7, 11) is 1.75. The Morgan fingerprint density at radius 1 is 1.28 bits per heavy atom. The van der Waals surface area contributed by atoms with Gasteiger partial charge in [-0.1, -0.05) is 17.8 Å². The van der Waals surface area contributed by atoms with Crippen molar-refractivity contribution in [2.24, 2.45) is 7.05 Å². The lowest BCUT2D eigenvalue weighted by Gasteiger charge is -2.09. The Kier molecular flexibility index (Phi) is 3.56. The van der Waals surface area contributed by atoms with Gasteiger partial charge < -0.3 is 0 Å². The van der Waals surface area contributed by atoms with E-state index in [1.807, 2.05) is 6.92 Å². The zero-order valence-electron chi connectivity index (χ0n) is 9.93. The number of nitrogens with zero attached hydrogens (tertiary/aromatic N) is 2. The fourth-order valence-electron chi connectivity index (χ4n) is 1.73. The first-order valence-electron chi connectivity index (χ1n) is 5.30. The normalized spacial score (nSPS) is 11.2. The molecule has 0 aliphatic rings. The predicted octanol–water partition coefficient (Wildman–Crippen LogP) is 2.80. The molecule has 0 radical (unpaired) electrons. The van der Waals surface area contributed by atoms with Gasteiger partial charge in [0.15, 0.2) is 0 Å². The minimum Gasteiger partial charge on any atom is -0.285 e. The lowest BCUT2D eigenvalue weighted by atomic mass is 10.3. The zero-order valence-corrected chi connectivity index (χ0v) is 10.7. The maximum atomic E-state index is 12.3. The summed E-state index contributed by atoms with van der Waals surface area (Å²) in [6.45, 7) is 1.82. The van der Waals surface area contributed by atoms with E-state index in [1.165, 1.54) is 10.7 Å². The Morgan fingerprint density at radius 3 is 2.56 bits per heavy atom. The third kappa shape index (κ3) is 2.48. The molecule has 3 nitrogen and oxygen atoms in total. The van der Waals surface area contributed by atoms with E-state index in [2.05, 4.69) is 0 Å². The van der Waals surface area contributed by atoms with Crippen LogP contribution in [0, 0.1) is 6.92 Å². The first-order chi connectivity index (χ1) is 8.49. The van der Waals surface area contributed by atoms with Gasteiger partial charge in [0.2, 0.25) is 0 Å². The molecule has 0 spiro atoms. The molecule has 0 fully saturated rings. The number of rotatable bonds is 3. The number of aryl methyl sites for hydroxylation is 1. The molecule has 96 valence electrons. The summed E-state index contributed by atoms with van der Waals surface area (Å²) in [5, 5.41) is 0. The van der Waals surface area contributed by atoms with E-state index in [0.29, 0.717) is 22.3 Å². The SMILES string of the molecule is Cc1cc(=O)n(-c2cccc(SC(F)F)c2)n1C. The summed E-state index contributed by atoms with van der Waals surface area (Å²) in [6.07, 6.45) is 0. The highest BCUT2D eigenvalue weighted by Crippen LogP contribution is 2.26. The Morgan fingerprint density at radius 2 is 2.00 bits per heavy atom. The second-order valence-electron chi connectivity index (χ2n) is 3.84. The second-order valence-corrected chi connectivity index (χ2v) is 4.90. The van der Waals surface area contributed by atoms with Crippen molar-refractivity contribution in [2.75, 3.05) is 0 Å². The van der Waals surface area contributed by atoms with Crippen LogP contribution in [0.4, 0.5) is 8.78 Å². The molecule has 0 aliphatic carbocycles. The molecule has 0 amide bonds. The number of benzene rings is 1. The number of hydrogen-bond acceptors (Lipinski definition) is 2.